The number of nitrogens with one attached hydrogen (secondary N) is 1. The molecule has 1 heterocycles. The molecule has 1 aliphatic heterocycles. The lowest BCUT2D eigenvalue weighted by atomic mass is 10.1. The third-order valence-electron chi connectivity index (χ3n) is 3.35. The van der Waals surface area contributed by atoms with Crippen LogP contribution >= 0.6 is 0 Å². The Bertz CT molecular complexity index is 448. The molecule has 0 aromatic heterocycles. The molecule has 0 aliphatic carbocycles. The Kier molecular flexibility index (Phi) is 4.39. The molecule has 19 heavy (non-hydrogen) atoms. The summed E-state index contributed by atoms with van der Waals surface area (Å²) in [6.45, 7) is 3.00. The van der Waals surface area contributed by atoms with Crippen LogP contribution in [0.5, 0.6) is 0 Å². The Hall–Kier alpha value is -1.59. The van der Waals surface area contributed by atoms with Crippen molar-refractivity contribution in [2.75, 3.05) is 18.4 Å². The van der Waals surface area contributed by atoms with E-state index in [-0.39, 0.29) is 12.1 Å². The summed E-state index contributed by atoms with van der Waals surface area (Å²) in [4.78, 5) is 13.7. The molecule has 0 saturated carbocycles. The Morgan fingerprint density at radius 2 is 2.37 bits per heavy atom. The zero-order valence-electron chi connectivity index (χ0n) is 11.2. The van der Waals surface area contributed by atoms with Gasteiger partial charge in [0.25, 0.3) is 0 Å². The van der Waals surface area contributed by atoms with Gasteiger partial charge in [0.05, 0.1) is 6.10 Å². The molecule has 5 heteroatoms. The second kappa shape index (κ2) is 6.04. The third-order valence-corrected chi connectivity index (χ3v) is 3.35. The molecular formula is C14H21N3O2. The lowest BCUT2D eigenvalue weighted by molar-refractivity contribution is 0.0883. The SMILES string of the molecule is CC(N)c1cccc(NC(=O)N2CCCC(O)C2)c1. The van der Waals surface area contributed by atoms with E-state index >= 15 is 0 Å². The van der Waals surface area contributed by atoms with Gasteiger partial charge in [-0.05, 0) is 37.5 Å². The van der Waals surface area contributed by atoms with Crippen molar-refractivity contribution in [1.29, 1.82) is 0 Å². The van der Waals surface area contributed by atoms with Gasteiger partial charge in [-0.2, -0.15) is 0 Å². The molecule has 2 unspecified atom stereocenters. The van der Waals surface area contributed by atoms with Gasteiger partial charge in [-0.15, -0.1) is 0 Å². The van der Waals surface area contributed by atoms with Crippen molar-refractivity contribution < 1.29 is 9.90 Å². The molecule has 1 aromatic rings. The molecule has 2 atom stereocenters. The number of rotatable bonds is 2. The number of aliphatic hydroxyl groups excluding tert-OH is 1. The van der Waals surface area contributed by atoms with Crippen molar-refractivity contribution in [3.05, 3.63) is 29.8 Å². The highest BCUT2D eigenvalue weighted by Gasteiger charge is 2.21. The van der Waals surface area contributed by atoms with Crippen LogP contribution in [-0.2, 0) is 0 Å². The van der Waals surface area contributed by atoms with E-state index in [0.717, 1.165) is 24.1 Å². The zero-order valence-corrected chi connectivity index (χ0v) is 11.2. The van der Waals surface area contributed by atoms with E-state index in [4.69, 9.17) is 5.73 Å². The number of carbonyl (C=O) groups is 1. The van der Waals surface area contributed by atoms with Gasteiger partial charge in [0, 0.05) is 24.8 Å². The highest BCUT2D eigenvalue weighted by Crippen LogP contribution is 2.17. The molecular weight excluding hydrogens is 242 g/mol. The second-order valence-corrected chi connectivity index (χ2v) is 5.09. The lowest BCUT2D eigenvalue weighted by Crippen LogP contribution is -2.44. The molecule has 1 aliphatic rings. The highest BCUT2D eigenvalue weighted by molar-refractivity contribution is 5.89. The van der Waals surface area contributed by atoms with E-state index in [1.165, 1.54) is 0 Å². The van der Waals surface area contributed by atoms with Crippen LogP contribution in [0.1, 0.15) is 31.4 Å². The maximum absolute atomic E-state index is 12.1. The summed E-state index contributed by atoms with van der Waals surface area (Å²) < 4.78 is 0. The number of hydrogen-bond acceptors (Lipinski definition) is 3. The first-order valence-corrected chi connectivity index (χ1v) is 6.66. The molecule has 1 fully saturated rings. The average molecular weight is 263 g/mol. The predicted molar refractivity (Wildman–Crippen MR) is 74.9 cm³/mol. The molecule has 5 nitrogen and oxygen atoms in total. The largest absolute Gasteiger partial charge is 0.391 e. The minimum atomic E-state index is -0.408. The Balaban J connectivity index is 2.00. The topological polar surface area (TPSA) is 78.6 Å². The third kappa shape index (κ3) is 3.68. The predicted octanol–water partition coefficient (Wildman–Crippen LogP) is 1.69. The number of hydrogen-bond donors (Lipinski definition) is 3. The minimum absolute atomic E-state index is 0.0614. The summed E-state index contributed by atoms with van der Waals surface area (Å²) in [5.41, 5.74) is 7.54. The first-order chi connectivity index (χ1) is 9.06. The normalized spacial score (nSPS) is 21.0. The van der Waals surface area contributed by atoms with E-state index in [1.807, 2.05) is 31.2 Å². The zero-order chi connectivity index (χ0) is 13.8. The molecule has 1 aromatic carbocycles. The van der Waals surface area contributed by atoms with Gasteiger partial charge in [-0.25, -0.2) is 4.79 Å². The van der Waals surface area contributed by atoms with Gasteiger partial charge < -0.3 is 21.1 Å². The van der Waals surface area contributed by atoms with Crippen molar-refractivity contribution in [2.24, 2.45) is 5.73 Å². The van der Waals surface area contributed by atoms with E-state index in [2.05, 4.69) is 5.32 Å². The number of likely N-dealkylation sites (tertiary alicyclic amines) is 1. The maximum Gasteiger partial charge on any atom is 0.321 e. The number of carbonyl (C=O) groups excluding carboxylic acids is 1. The minimum Gasteiger partial charge on any atom is -0.391 e. The van der Waals surface area contributed by atoms with Gasteiger partial charge in [-0.3, -0.25) is 0 Å². The van der Waals surface area contributed by atoms with Crippen LogP contribution in [0.25, 0.3) is 0 Å². The molecule has 0 bridgehead atoms. The molecule has 0 spiro atoms. The summed E-state index contributed by atoms with van der Waals surface area (Å²) in [7, 11) is 0. The van der Waals surface area contributed by atoms with Crippen LogP contribution in [0.3, 0.4) is 0 Å². The molecule has 4 N–H and O–H groups in total. The van der Waals surface area contributed by atoms with Gasteiger partial charge in [-0.1, -0.05) is 12.1 Å². The van der Waals surface area contributed by atoms with Crippen LogP contribution in [0, 0.1) is 0 Å². The summed E-state index contributed by atoms with van der Waals surface area (Å²) >= 11 is 0. The Labute approximate surface area is 113 Å². The van der Waals surface area contributed by atoms with Crippen molar-refractivity contribution in [3.63, 3.8) is 0 Å². The fraction of sp³-hybridized carbons (Fsp3) is 0.500. The first-order valence-electron chi connectivity index (χ1n) is 6.66. The van der Waals surface area contributed by atoms with Crippen LogP contribution in [0.15, 0.2) is 24.3 Å². The van der Waals surface area contributed by atoms with E-state index in [9.17, 15) is 9.90 Å². The van der Waals surface area contributed by atoms with E-state index in [1.54, 1.807) is 4.90 Å². The first kappa shape index (κ1) is 13.8. The smallest absolute Gasteiger partial charge is 0.321 e. The van der Waals surface area contributed by atoms with Crippen molar-refractivity contribution in [3.8, 4) is 0 Å². The summed E-state index contributed by atoms with van der Waals surface area (Å²) in [6.07, 6.45) is 1.20. The highest BCUT2D eigenvalue weighted by atomic mass is 16.3. The molecule has 104 valence electrons. The fourth-order valence-electron chi connectivity index (χ4n) is 2.24. The summed E-state index contributed by atoms with van der Waals surface area (Å²) in [5, 5.41) is 12.4. The fourth-order valence-corrected chi connectivity index (χ4v) is 2.24. The Morgan fingerprint density at radius 3 is 3.05 bits per heavy atom. The van der Waals surface area contributed by atoms with Crippen LogP contribution < -0.4 is 11.1 Å². The van der Waals surface area contributed by atoms with E-state index < -0.39 is 6.10 Å². The number of urea groups is 1. The standard InChI is InChI=1S/C14H21N3O2/c1-10(15)11-4-2-5-12(8-11)16-14(19)17-7-3-6-13(18)9-17/h2,4-5,8,10,13,18H,3,6-7,9,15H2,1H3,(H,16,19). The molecule has 0 radical (unpaired) electrons. The Morgan fingerprint density at radius 1 is 1.58 bits per heavy atom. The van der Waals surface area contributed by atoms with Crippen molar-refractivity contribution >= 4 is 11.7 Å². The monoisotopic (exact) mass is 263 g/mol. The van der Waals surface area contributed by atoms with E-state index in [0.29, 0.717) is 13.1 Å². The number of nitrogens with two attached hydrogens (primary N) is 1. The number of anilines is 1. The summed E-state index contributed by atoms with van der Waals surface area (Å²) in [5.74, 6) is 0. The second-order valence-electron chi connectivity index (χ2n) is 5.09. The van der Waals surface area contributed by atoms with Crippen molar-refractivity contribution in [1.82, 2.24) is 4.90 Å². The number of piperidine rings is 1. The number of benzene rings is 1. The number of nitrogens with zero attached hydrogens (tertiary/aromatic N) is 1. The van der Waals surface area contributed by atoms with Gasteiger partial charge in [0.2, 0.25) is 0 Å². The summed E-state index contributed by atoms with van der Waals surface area (Å²) in [6, 6.07) is 7.30. The van der Waals surface area contributed by atoms with Crippen LogP contribution in [0.4, 0.5) is 10.5 Å². The van der Waals surface area contributed by atoms with Gasteiger partial charge in [0.15, 0.2) is 0 Å². The van der Waals surface area contributed by atoms with Gasteiger partial charge >= 0.3 is 6.03 Å². The lowest BCUT2D eigenvalue weighted by Gasteiger charge is -2.30. The van der Waals surface area contributed by atoms with Crippen LogP contribution in [0.2, 0.25) is 0 Å². The maximum atomic E-state index is 12.1. The number of β-amino-alcohol motifs (C(OH)–C–C–N with tert-alkyl or cyclic N) is 1. The van der Waals surface area contributed by atoms with Crippen LogP contribution in [-0.4, -0.2) is 35.2 Å². The number of aliphatic hydroxyl groups is 1. The number of amides is 2. The molecule has 2 amide bonds. The van der Waals surface area contributed by atoms with Gasteiger partial charge in [0.1, 0.15) is 0 Å². The molecule has 2 rings (SSSR count). The quantitative estimate of drug-likeness (QED) is 0.760. The molecule has 1 saturated heterocycles. The van der Waals surface area contributed by atoms with Crippen molar-refractivity contribution in [2.45, 2.75) is 31.9 Å². The average Bonchev–Trinajstić information content (AvgIpc) is 2.39.